The minimum absolute atomic E-state index is 0.200. The monoisotopic (exact) mass is 328 g/mol. The van der Waals surface area contributed by atoms with Crippen LogP contribution in [-0.4, -0.2) is 15.2 Å². The summed E-state index contributed by atoms with van der Waals surface area (Å²) in [5.74, 6) is 0.0178. The van der Waals surface area contributed by atoms with Crippen molar-refractivity contribution in [1.29, 1.82) is 0 Å². The van der Waals surface area contributed by atoms with E-state index in [-0.39, 0.29) is 11.8 Å². The maximum Gasteiger partial charge on any atom is 0.322 e. The lowest BCUT2D eigenvalue weighted by Gasteiger charge is -1.94. The number of anilines is 2. The average Bonchev–Trinajstić information content (AvgIpc) is 3.16. The Kier molecular flexibility index (Phi) is 4.29. The quantitative estimate of drug-likeness (QED) is 0.687. The van der Waals surface area contributed by atoms with E-state index in [0.29, 0.717) is 16.5 Å². The van der Waals surface area contributed by atoms with Gasteiger partial charge >= 0.3 is 6.01 Å². The minimum Gasteiger partial charge on any atom is -0.403 e. The van der Waals surface area contributed by atoms with E-state index >= 15 is 0 Å². The molecule has 116 valence electrons. The molecule has 0 amide bonds. The number of thiazole rings is 1. The van der Waals surface area contributed by atoms with Crippen molar-refractivity contribution in [2.45, 2.75) is 6.92 Å². The molecular weight excluding hydrogens is 315 g/mol. The van der Waals surface area contributed by atoms with Crippen molar-refractivity contribution in [2.75, 3.05) is 5.32 Å². The number of halogens is 1. The van der Waals surface area contributed by atoms with Gasteiger partial charge in [0, 0.05) is 5.57 Å². The Morgan fingerprint density at radius 1 is 1.39 bits per heavy atom. The van der Waals surface area contributed by atoms with E-state index < -0.39 is 0 Å². The molecule has 0 bridgehead atoms. The first kappa shape index (κ1) is 15.1. The molecule has 3 rings (SSSR count). The van der Waals surface area contributed by atoms with Gasteiger partial charge in [-0.1, -0.05) is 47.3 Å². The lowest BCUT2D eigenvalue weighted by atomic mass is 10.2. The van der Waals surface area contributed by atoms with Gasteiger partial charge in [0.2, 0.25) is 5.89 Å². The predicted molar refractivity (Wildman–Crippen MR) is 90.1 cm³/mol. The molecule has 0 radical (unpaired) electrons. The van der Waals surface area contributed by atoms with Gasteiger partial charge in [-0.25, -0.2) is 9.37 Å². The third kappa shape index (κ3) is 3.19. The normalized spacial score (nSPS) is 12.2. The second kappa shape index (κ2) is 6.53. The number of nitrogens with one attached hydrogen (secondary N) is 1. The molecule has 0 unspecified atom stereocenters. The molecule has 0 saturated carbocycles. The highest BCUT2D eigenvalue weighted by molar-refractivity contribution is 7.22. The third-order valence-corrected chi connectivity index (χ3v) is 3.91. The number of rotatable bonds is 5. The highest BCUT2D eigenvalue weighted by Crippen LogP contribution is 2.29. The molecule has 1 N–H and O–H groups in total. The topological polar surface area (TPSA) is 63.8 Å². The first-order chi connectivity index (χ1) is 11.2. The molecule has 2 aromatic heterocycles. The van der Waals surface area contributed by atoms with Gasteiger partial charge in [-0.15, -0.1) is 5.10 Å². The number of para-hydroxylation sites is 1. The molecule has 0 atom stereocenters. The van der Waals surface area contributed by atoms with Crippen LogP contribution >= 0.6 is 11.3 Å². The largest absolute Gasteiger partial charge is 0.403 e. The van der Waals surface area contributed by atoms with E-state index in [4.69, 9.17) is 4.42 Å². The van der Waals surface area contributed by atoms with Crippen LogP contribution in [0.25, 0.3) is 15.8 Å². The van der Waals surface area contributed by atoms with Crippen LogP contribution in [0.2, 0.25) is 0 Å². The van der Waals surface area contributed by atoms with Crippen molar-refractivity contribution >= 4 is 38.3 Å². The van der Waals surface area contributed by atoms with Crippen LogP contribution in [0.5, 0.6) is 0 Å². The Morgan fingerprint density at radius 2 is 2.26 bits per heavy atom. The summed E-state index contributed by atoms with van der Waals surface area (Å²) >= 11 is 1.31. The molecule has 3 aromatic rings. The number of nitrogens with zero attached hydrogens (tertiary/aromatic N) is 3. The van der Waals surface area contributed by atoms with Crippen LogP contribution in [0.15, 0.2) is 53.5 Å². The van der Waals surface area contributed by atoms with Crippen molar-refractivity contribution in [1.82, 2.24) is 15.2 Å². The number of aromatic nitrogens is 3. The summed E-state index contributed by atoms with van der Waals surface area (Å²) in [5, 5.41) is 11.3. The first-order valence-corrected chi connectivity index (χ1v) is 7.64. The summed E-state index contributed by atoms with van der Waals surface area (Å²) in [7, 11) is 0. The molecule has 0 aliphatic heterocycles. The third-order valence-electron chi connectivity index (χ3n) is 2.98. The number of hydrogen-bond acceptors (Lipinski definition) is 6. The van der Waals surface area contributed by atoms with Crippen LogP contribution in [0.1, 0.15) is 12.8 Å². The smallest absolute Gasteiger partial charge is 0.322 e. The van der Waals surface area contributed by atoms with Crippen LogP contribution in [-0.2, 0) is 0 Å². The van der Waals surface area contributed by atoms with Crippen molar-refractivity contribution in [3.8, 4) is 0 Å². The van der Waals surface area contributed by atoms with Gasteiger partial charge in [0.1, 0.15) is 11.3 Å². The number of hydrogen-bond donors (Lipinski definition) is 1. The summed E-state index contributed by atoms with van der Waals surface area (Å²) in [6.07, 6.45) is 7.11. The van der Waals surface area contributed by atoms with Gasteiger partial charge in [-0.3, -0.25) is 5.32 Å². The lowest BCUT2D eigenvalue weighted by molar-refractivity contribution is 0.557. The summed E-state index contributed by atoms with van der Waals surface area (Å²) in [5.41, 5.74) is 1.10. The van der Waals surface area contributed by atoms with Gasteiger partial charge < -0.3 is 4.42 Å². The molecule has 1 aromatic carbocycles. The van der Waals surface area contributed by atoms with Gasteiger partial charge in [0.05, 0.1) is 4.70 Å². The van der Waals surface area contributed by atoms with Gasteiger partial charge in [0.15, 0.2) is 5.13 Å². The minimum atomic E-state index is -0.358. The Labute approximate surface area is 135 Å². The van der Waals surface area contributed by atoms with E-state index in [1.165, 1.54) is 17.4 Å². The van der Waals surface area contributed by atoms with Crippen molar-refractivity contribution < 1.29 is 8.81 Å². The fraction of sp³-hybridized carbons (Fsp3) is 0.0625. The molecular formula is C16H13FN4OS. The number of fused-ring (bicyclic) bond motifs is 1. The maximum atomic E-state index is 13.7. The molecule has 5 nitrogen and oxygen atoms in total. The van der Waals surface area contributed by atoms with E-state index in [1.54, 1.807) is 24.3 Å². The zero-order valence-electron chi connectivity index (χ0n) is 12.3. The highest BCUT2D eigenvalue weighted by atomic mass is 32.1. The molecule has 7 heteroatoms. The highest BCUT2D eigenvalue weighted by Gasteiger charge is 2.12. The van der Waals surface area contributed by atoms with Crippen LogP contribution in [0, 0.1) is 5.82 Å². The molecule has 23 heavy (non-hydrogen) atoms. The Morgan fingerprint density at radius 3 is 3.00 bits per heavy atom. The van der Waals surface area contributed by atoms with Crippen LogP contribution in [0.4, 0.5) is 15.5 Å². The predicted octanol–water partition coefficient (Wildman–Crippen LogP) is 4.71. The molecule has 0 aliphatic rings. The second-order valence-corrected chi connectivity index (χ2v) is 5.51. The molecule has 2 heterocycles. The van der Waals surface area contributed by atoms with Gasteiger partial charge in [-0.2, -0.15) is 0 Å². The van der Waals surface area contributed by atoms with Gasteiger partial charge in [0.25, 0.3) is 0 Å². The molecule has 0 aliphatic carbocycles. The van der Waals surface area contributed by atoms with E-state index in [9.17, 15) is 4.39 Å². The zero-order valence-corrected chi connectivity index (χ0v) is 13.1. The number of allylic oxidation sites excluding steroid dienone is 5. The van der Waals surface area contributed by atoms with Crippen molar-refractivity contribution in [3.63, 3.8) is 0 Å². The molecule has 0 fully saturated rings. The second-order valence-electron chi connectivity index (χ2n) is 4.48. The van der Waals surface area contributed by atoms with Crippen LogP contribution in [0.3, 0.4) is 0 Å². The Bertz CT molecular complexity index is 910. The first-order valence-electron chi connectivity index (χ1n) is 6.82. The van der Waals surface area contributed by atoms with Crippen LogP contribution < -0.4 is 5.32 Å². The fourth-order valence-electron chi connectivity index (χ4n) is 1.91. The Hall–Kier alpha value is -2.80. The maximum absolute atomic E-state index is 13.7. The summed E-state index contributed by atoms with van der Waals surface area (Å²) in [6, 6.07) is 5.03. The van der Waals surface area contributed by atoms with Crippen molar-refractivity contribution in [2.24, 2.45) is 0 Å². The fourth-order valence-corrected chi connectivity index (χ4v) is 2.78. The molecule has 0 saturated heterocycles. The summed E-state index contributed by atoms with van der Waals surface area (Å²) in [6.45, 7) is 5.49. The average molecular weight is 328 g/mol. The van der Waals surface area contributed by atoms with E-state index in [1.807, 2.05) is 19.1 Å². The zero-order chi connectivity index (χ0) is 16.2. The van der Waals surface area contributed by atoms with E-state index in [0.717, 1.165) is 10.3 Å². The van der Waals surface area contributed by atoms with E-state index in [2.05, 4.69) is 27.1 Å². The SMILES string of the molecule is C=C/C=C\C(=C/C)c1nnc(Nc2nc3c(F)cccc3s2)o1. The standard InChI is InChI=1S/C16H13FN4OS/c1-3-5-7-10(4-2)14-20-21-15(22-14)19-16-18-13-11(17)8-6-9-12(13)23-16/h3-9H,1H2,2H3,(H,18,19,21)/b7-5-,10-4+. The Balaban J connectivity index is 1.84. The summed E-state index contributed by atoms with van der Waals surface area (Å²) < 4.78 is 19.9. The molecule has 0 spiro atoms. The van der Waals surface area contributed by atoms with Crippen molar-refractivity contribution in [3.05, 3.63) is 60.8 Å². The summed E-state index contributed by atoms with van der Waals surface area (Å²) in [4.78, 5) is 4.19. The lowest BCUT2D eigenvalue weighted by Crippen LogP contribution is -1.89. The number of benzene rings is 1. The van der Waals surface area contributed by atoms with Gasteiger partial charge in [-0.05, 0) is 25.1 Å².